The van der Waals surface area contributed by atoms with Crippen LogP contribution in [0.15, 0.2) is 12.4 Å². The van der Waals surface area contributed by atoms with Crippen molar-refractivity contribution >= 4 is 11.8 Å². The zero-order chi connectivity index (χ0) is 14.5. The van der Waals surface area contributed by atoms with Gasteiger partial charge in [-0.25, -0.2) is 0 Å². The smallest absolute Gasteiger partial charge is 0.224 e. The second kappa shape index (κ2) is 6.49. The van der Waals surface area contributed by atoms with Gasteiger partial charge in [0.15, 0.2) is 0 Å². The second-order valence-corrected chi connectivity index (χ2v) is 5.33. The summed E-state index contributed by atoms with van der Waals surface area (Å²) in [5.74, 6) is 0.0563. The third-order valence-corrected chi connectivity index (χ3v) is 3.55. The number of piperidine rings is 1. The monoisotopic (exact) mass is 279 g/mol. The number of nitrogens with zero attached hydrogens (tertiary/aromatic N) is 4. The van der Waals surface area contributed by atoms with Crippen LogP contribution in [0, 0.1) is 5.92 Å². The Hall–Kier alpha value is -1.92. The maximum absolute atomic E-state index is 12.1. The van der Waals surface area contributed by atoms with Crippen molar-refractivity contribution in [3.8, 4) is 0 Å². The maximum atomic E-state index is 12.1. The molecule has 0 aromatic carbocycles. The van der Waals surface area contributed by atoms with Crippen molar-refractivity contribution < 1.29 is 9.59 Å². The molecular weight excluding hydrogens is 258 g/mol. The van der Waals surface area contributed by atoms with Gasteiger partial charge in [-0.2, -0.15) is 0 Å². The molecule has 1 aromatic rings. The third-order valence-electron chi connectivity index (χ3n) is 3.55. The predicted octanol–water partition coefficient (Wildman–Crippen LogP) is 0.0413. The lowest BCUT2D eigenvalue weighted by Crippen LogP contribution is -2.48. The van der Waals surface area contributed by atoms with Gasteiger partial charge in [-0.15, -0.1) is 5.10 Å². The molecule has 1 aliphatic rings. The Balaban J connectivity index is 1.79. The van der Waals surface area contributed by atoms with Gasteiger partial charge in [0.1, 0.15) is 0 Å². The van der Waals surface area contributed by atoms with Crippen molar-refractivity contribution in [3.05, 3.63) is 12.4 Å². The average Bonchev–Trinajstić information content (AvgIpc) is 2.92. The summed E-state index contributed by atoms with van der Waals surface area (Å²) in [5.41, 5.74) is 0. The fourth-order valence-corrected chi connectivity index (χ4v) is 2.37. The van der Waals surface area contributed by atoms with E-state index in [2.05, 4.69) is 15.6 Å². The Bertz CT molecular complexity index is 457. The molecule has 7 heteroatoms. The lowest BCUT2D eigenvalue weighted by Gasteiger charge is -2.34. The highest BCUT2D eigenvalue weighted by Crippen LogP contribution is 2.19. The van der Waals surface area contributed by atoms with E-state index in [1.165, 1.54) is 0 Å². The number of carbonyl (C=O) groups excluding carboxylic acids is 2. The van der Waals surface area contributed by atoms with E-state index in [-0.39, 0.29) is 23.8 Å². The molecule has 0 aliphatic carbocycles. The number of nitrogens with one attached hydrogen (secondary N) is 1. The van der Waals surface area contributed by atoms with Gasteiger partial charge >= 0.3 is 0 Å². The molecule has 7 nitrogen and oxygen atoms in total. The standard InChI is InChI=1S/C13H21N5O2/c1-10(2)18-9-11(3-4-12(18)19)13(20)14-5-7-17-8-6-15-16-17/h6,8,10-11H,3-5,7,9H2,1-2H3,(H,14,20)/t11-/m1/s1. The normalized spacial score (nSPS) is 19.4. The van der Waals surface area contributed by atoms with E-state index in [0.717, 1.165) is 0 Å². The summed E-state index contributed by atoms with van der Waals surface area (Å²) in [4.78, 5) is 25.6. The molecule has 2 rings (SSSR count). The number of rotatable bonds is 5. The van der Waals surface area contributed by atoms with Crippen LogP contribution in [0.1, 0.15) is 26.7 Å². The lowest BCUT2D eigenvalue weighted by molar-refractivity contribution is -0.140. The van der Waals surface area contributed by atoms with Crippen molar-refractivity contribution in [2.75, 3.05) is 13.1 Å². The highest BCUT2D eigenvalue weighted by molar-refractivity contribution is 5.83. The zero-order valence-electron chi connectivity index (χ0n) is 12.0. The minimum absolute atomic E-state index is 0.0169. The fraction of sp³-hybridized carbons (Fsp3) is 0.692. The molecule has 0 saturated carbocycles. The molecule has 1 fully saturated rings. The number of aromatic nitrogens is 3. The van der Waals surface area contributed by atoms with Crippen LogP contribution in [0.2, 0.25) is 0 Å². The first-order valence-corrected chi connectivity index (χ1v) is 6.99. The Labute approximate surface area is 118 Å². The van der Waals surface area contributed by atoms with Crippen LogP contribution >= 0.6 is 0 Å². The van der Waals surface area contributed by atoms with Crippen molar-refractivity contribution in [2.24, 2.45) is 5.92 Å². The quantitative estimate of drug-likeness (QED) is 0.825. The van der Waals surface area contributed by atoms with Crippen LogP contribution in [0.5, 0.6) is 0 Å². The van der Waals surface area contributed by atoms with Gasteiger partial charge in [0.05, 0.1) is 18.7 Å². The number of hydrogen-bond donors (Lipinski definition) is 1. The molecule has 1 aliphatic heterocycles. The van der Waals surface area contributed by atoms with Crippen LogP contribution in [0.4, 0.5) is 0 Å². The number of carbonyl (C=O) groups is 2. The summed E-state index contributed by atoms with van der Waals surface area (Å²) in [6, 6.07) is 0.147. The third kappa shape index (κ3) is 3.55. The number of hydrogen-bond acceptors (Lipinski definition) is 4. The van der Waals surface area contributed by atoms with E-state index in [9.17, 15) is 9.59 Å². The molecule has 20 heavy (non-hydrogen) atoms. The van der Waals surface area contributed by atoms with E-state index < -0.39 is 0 Å². The fourth-order valence-electron chi connectivity index (χ4n) is 2.37. The molecule has 1 aromatic heterocycles. The molecular formula is C13H21N5O2. The van der Waals surface area contributed by atoms with E-state index in [4.69, 9.17) is 0 Å². The molecule has 0 spiro atoms. The average molecular weight is 279 g/mol. The van der Waals surface area contributed by atoms with E-state index in [0.29, 0.717) is 32.5 Å². The number of likely N-dealkylation sites (tertiary alicyclic amines) is 1. The molecule has 1 saturated heterocycles. The highest BCUT2D eigenvalue weighted by Gasteiger charge is 2.31. The van der Waals surface area contributed by atoms with E-state index in [1.807, 2.05) is 13.8 Å². The SMILES string of the molecule is CC(C)N1C[C@H](C(=O)NCCn2ccnn2)CCC1=O. The first-order chi connectivity index (χ1) is 9.58. The van der Waals surface area contributed by atoms with Crippen LogP contribution in [0.25, 0.3) is 0 Å². The van der Waals surface area contributed by atoms with Gasteiger partial charge in [0.25, 0.3) is 0 Å². The Morgan fingerprint density at radius 3 is 3.00 bits per heavy atom. The molecule has 1 N–H and O–H groups in total. The van der Waals surface area contributed by atoms with Gasteiger partial charge in [-0.1, -0.05) is 5.21 Å². The summed E-state index contributed by atoms with van der Waals surface area (Å²) in [6.07, 6.45) is 4.46. The van der Waals surface area contributed by atoms with E-state index in [1.54, 1.807) is 22.0 Å². The molecule has 2 heterocycles. The van der Waals surface area contributed by atoms with Crippen molar-refractivity contribution in [3.63, 3.8) is 0 Å². The molecule has 0 radical (unpaired) electrons. The molecule has 0 unspecified atom stereocenters. The minimum Gasteiger partial charge on any atom is -0.354 e. The summed E-state index contributed by atoms with van der Waals surface area (Å²) in [5, 5.41) is 10.4. The molecule has 110 valence electrons. The van der Waals surface area contributed by atoms with Gasteiger partial charge in [-0.05, 0) is 20.3 Å². The topological polar surface area (TPSA) is 80.1 Å². The highest BCUT2D eigenvalue weighted by atomic mass is 16.2. The molecule has 1 atom stereocenters. The number of amides is 2. The summed E-state index contributed by atoms with van der Waals surface area (Å²) >= 11 is 0. The van der Waals surface area contributed by atoms with Crippen molar-refractivity contribution in [1.82, 2.24) is 25.2 Å². The first kappa shape index (κ1) is 14.5. The summed E-state index contributed by atoms with van der Waals surface area (Å²) in [6.45, 7) is 5.59. The second-order valence-electron chi connectivity index (χ2n) is 5.33. The van der Waals surface area contributed by atoms with Gasteiger partial charge in [-0.3, -0.25) is 14.3 Å². The maximum Gasteiger partial charge on any atom is 0.224 e. The Morgan fingerprint density at radius 1 is 1.55 bits per heavy atom. The van der Waals surface area contributed by atoms with Crippen LogP contribution in [0.3, 0.4) is 0 Å². The van der Waals surface area contributed by atoms with E-state index >= 15 is 0 Å². The minimum atomic E-state index is -0.106. The summed E-state index contributed by atoms with van der Waals surface area (Å²) < 4.78 is 1.67. The largest absolute Gasteiger partial charge is 0.354 e. The first-order valence-electron chi connectivity index (χ1n) is 6.99. The Morgan fingerprint density at radius 2 is 2.35 bits per heavy atom. The van der Waals surface area contributed by atoms with Crippen molar-refractivity contribution in [2.45, 2.75) is 39.3 Å². The van der Waals surface area contributed by atoms with Crippen LogP contribution in [-0.2, 0) is 16.1 Å². The van der Waals surface area contributed by atoms with Gasteiger partial charge < -0.3 is 10.2 Å². The van der Waals surface area contributed by atoms with Gasteiger partial charge in [0, 0.05) is 31.7 Å². The molecule has 2 amide bonds. The van der Waals surface area contributed by atoms with Crippen LogP contribution in [-0.4, -0.2) is 50.8 Å². The van der Waals surface area contributed by atoms with Crippen LogP contribution < -0.4 is 5.32 Å². The molecule has 0 bridgehead atoms. The Kier molecular flexibility index (Phi) is 4.70. The summed E-state index contributed by atoms with van der Waals surface area (Å²) in [7, 11) is 0. The van der Waals surface area contributed by atoms with Gasteiger partial charge in [0.2, 0.25) is 11.8 Å². The predicted molar refractivity (Wildman–Crippen MR) is 72.6 cm³/mol. The zero-order valence-corrected chi connectivity index (χ0v) is 12.0. The lowest BCUT2D eigenvalue weighted by atomic mass is 9.95. The van der Waals surface area contributed by atoms with Crippen molar-refractivity contribution in [1.29, 1.82) is 0 Å².